The number of hydrogen-bond donors (Lipinski definition) is 2. The minimum absolute atomic E-state index is 0. The summed E-state index contributed by atoms with van der Waals surface area (Å²) in [5.41, 5.74) is 0.504. The Kier molecular flexibility index (Phi) is 10.5. The van der Waals surface area contributed by atoms with Gasteiger partial charge < -0.3 is 20.1 Å². The molecule has 5 nitrogen and oxygen atoms in total. The smallest absolute Gasteiger partial charge is 0.191 e. The second kappa shape index (κ2) is 11.5. The molecule has 0 spiro atoms. The van der Waals surface area contributed by atoms with Crippen molar-refractivity contribution in [3.63, 3.8) is 0 Å². The quantitative estimate of drug-likeness (QED) is 0.269. The van der Waals surface area contributed by atoms with Crippen LogP contribution in [0.3, 0.4) is 0 Å². The highest BCUT2D eigenvalue weighted by Crippen LogP contribution is 2.34. The van der Waals surface area contributed by atoms with Crippen LogP contribution in [0.25, 0.3) is 0 Å². The summed E-state index contributed by atoms with van der Waals surface area (Å²) < 4.78 is 11.2. The van der Waals surface area contributed by atoms with E-state index >= 15 is 0 Å². The van der Waals surface area contributed by atoms with E-state index in [-0.39, 0.29) is 24.0 Å². The third kappa shape index (κ3) is 8.34. The molecule has 2 N–H and O–H groups in total. The molecule has 24 heavy (non-hydrogen) atoms. The van der Waals surface area contributed by atoms with Crippen LogP contribution in [0, 0.1) is 5.41 Å². The average molecular weight is 453 g/mol. The van der Waals surface area contributed by atoms with Gasteiger partial charge in [-0.3, -0.25) is 4.99 Å². The van der Waals surface area contributed by atoms with Gasteiger partial charge >= 0.3 is 0 Å². The molecule has 0 amide bonds. The Morgan fingerprint density at radius 2 is 2.00 bits per heavy atom. The topological polar surface area (TPSA) is 54.9 Å². The fourth-order valence-corrected chi connectivity index (χ4v) is 3.27. The first-order chi connectivity index (χ1) is 11.1. The van der Waals surface area contributed by atoms with Crippen molar-refractivity contribution in [2.75, 3.05) is 32.9 Å². The molecule has 1 aliphatic carbocycles. The lowest BCUT2D eigenvalue weighted by Gasteiger charge is -2.35. The van der Waals surface area contributed by atoms with Crippen LogP contribution in [0.1, 0.15) is 59.3 Å². The normalized spacial score (nSPS) is 24.5. The molecule has 0 aromatic carbocycles. The second-order valence-corrected chi connectivity index (χ2v) is 7.55. The van der Waals surface area contributed by atoms with Gasteiger partial charge in [0.1, 0.15) is 0 Å². The highest BCUT2D eigenvalue weighted by atomic mass is 127. The van der Waals surface area contributed by atoms with Gasteiger partial charge in [-0.25, -0.2) is 0 Å². The first-order valence-electron chi connectivity index (χ1n) is 9.33. The molecule has 6 heteroatoms. The van der Waals surface area contributed by atoms with Gasteiger partial charge in [0.25, 0.3) is 0 Å². The van der Waals surface area contributed by atoms with Gasteiger partial charge in [0.2, 0.25) is 0 Å². The van der Waals surface area contributed by atoms with E-state index < -0.39 is 0 Å². The van der Waals surface area contributed by atoms with Crippen LogP contribution in [0.4, 0.5) is 0 Å². The van der Waals surface area contributed by atoms with Crippen LogP contribution in [0.5, 0.6) is 0 Å². The first-order valence-corrected chi connectivity index (χ1v) is 9.33. The molecule has 0 aromatic heterocycles. The van der Waals surface area contributed by atoms with Gasteiger partial charge in [-0.05, 0) is 50.9 Å². The van der Waals surface area contributed by atoms with Crippen molar-refractivity contribution in [3.05, 3.63) is 0 Å². The fourth-order valence-electron chi connectivity index (χ4n) is 3.27. The number of nitrogens with zero attached hydrogens (tertiary/aromatic N) is 1. The van der Waals surface area contributed by atoms with Gasteiger partial charge in [0.05, 0.1) is 25.9 Å². The largest absolute Gasteiger partial charge is 0.377 e. The predicted octanol–water partition coefficient (Wildman–Crippen LogP) is 3.32. The van der Waals surface area contributed by atoms with Gasteiger partial charge in [0, 0.05) is 19.2 Å². The summed E-state index contributed by atoms with van der Waals surface area (Å²) >= 11 is 0. The van der Waals surface area contributed by atoms with E-state index in [4.69, 9.17) is 9.47 Å². The van der Waals surface area contributed by atoms with Crippen LogP contribution in [-0.4, -0.2) is 51.0 Å². The molecule has 142 valence electrons. The maximum Gasteiger partial charge on any atom is 0.191 e. The molecule has 1 aliphatic heterocycles. The van der Waals surface area contributed by atoms with Crippen molar-refractivity contribution in [2.45, 2.75) is 71.4 Å². The Balaban J connectivity index is 0.00000288. The summed E-state index contributed by atoms with van der Waals surface area (Å²) in [7, 11) is 0. The van der Waals surface area contributed by atoms with Crippen LogP contribution >= 0.6 is 24.0 Å². The zero-order valence-electron chi connectivity index (χ0n) is 15.6. The van der Waals surface area contributed by atoms with E-state index in [1.807, 2.05) is 0 Å². The summed E-state index contributed by atoms with van der Waals surface area (Å²) in [6, 6.07) is 0.550. The molecule has 1 saturated carbocycles. The Hall–Kier alpha value is -0.0800. The number of hydrogen-bond acceptors (Lipinski definition) is 3. The Morgan fingerprint density at radius 1 is 1.25 bits per heavy atom. The number of rotatable bonds is 7. The second-order valence-electron chi connectivity index (χ2n) is 7.55. The minimum atomic E-state index is 0. The maximum absolute atomic E-state index is 5.68. The molecule has 1 saturated heterocycles. The molecule has 1 atom stereocenters. The van der Waals surface area contributed by atoms with Crippen LogP contribution in [0.2, 0.25) is 0 Å². The third-order valence-electron chi connectivity index (χ3n) is 4.86. The lowest BCUT2D eigenvalue weighted by atomic mass is 9.75. The Morgan fingerprint density at radius 3 is 2.62 bits per heavy atom. The van der Waals surface area contributed by atoms with Crippen LogP contribution in [-0.2, 0) is 9.47 Å². The summed E-state index contributed by atoms with van der Waals surface area (Å²) in [6.45, 7) is 10.7. The molecule has 0 radical (unpaired) electrons. The molecule has 1 unspecified atom stereocenters. The van der Waals surface area contributed by atoms with Gasteiger partial charge in [-0.15, -0.1) is 24.0 Å². The van der Waals surface area contributed by atoms with E-state index in [9.17, 15) is 0 Å². The van der Waals surface area contributed by atoms with E-state index in [1.165, 1.54) is 32.1 Å². The van der Waals surface area contributed by atoms with Crippen molar-refractivity contribution in [1.29, 1.82) is 0 Å². The number of halogens is 1. The number of nitrogens with one attached hydrogen (secondary N) is 2. The standard InChI is InChI=1S/C18H35N3O2.HI/c1-4-19-17(21-15-7-9-18(2,3)10-8-15)20-11-13-22-14-16-6-5-12-23-16;/h15-16H,4-14H2,1-3H3,(H2,19,20,21);1H. The van der Waals surface area contributed by atoms with Crippen molar-refractivity contribution in [2.24, 2.45) is 10.4 Å². The van der Waals surface area contributed by atoms with E-state index in [0.717, 1.165) is 25.5 Å². The number of aliphatic imine (C=N–C) groups is 1. The molecular formula is C18H36IN3O2. The van der Waals surface area contributed by atoms with Crippen molar-refractivity contribution in [3.8, 4) is 0 Å². The summed E-state index contributed by atoms with van der Waals surface area (Å²) in [5, 5.41) is 6.93. The average Bonchev–Trinajstić information content (AvgIpc) is 3.02. The highest BCUT2D eigenvalue weighted by molar-refractivity contribution is 14.0. The fraction of sp³-hybridized carbons (Fsp3) is 0.944. The maximum atomic E-state index is 5.68. The van der Waals surface area contributed by atoms with E-state index in [0.29, 0.717) is 37.3 Å². The molecule has 0 bridgehead atoms. The van der Waals surface area contributed by atoms with Gasteiger partial charge in [-0.1, -0.05) is 13.8 Å². The summed E-state index contributed by atoms with van der Waals surface area (Å²) in [4.78, 5) is 4.64. The zero-order valence-corrected chi connectivity index (χ0v) is 17.9. The lowest BCUT2D eigenvalue weighted by Crippen LogP contribution is -2.45. The molecule has 2 rings (SSSR count). The number of ether oxygens (including phenoxy) is 2. The molecule has 0 aromatic rings. The predicted molar refractivity (Wildman–Crippen MR) is 110 cm³/mol. The Labute approximate surface area is 164 Å². The van der Waals surface area contributed by atoms with Crippen molar-refractivity contribution in [1.82, 2.24) is 10.6 Å². The first kappa shape index (κ1) is 22.0. The summed E-state index contributed by atoms with van der Waals surface area (Å²) in [6.07, 6.45) is 7.63. The molecule has 1 heterocycles. The molecule has 2 fully saturated rings. The van der Waals surface area contributed by atoms with E-state index in [2.05, 4.69) is 36.4 Å². The zero-order chi connectivity index (χ0) is 16.5. The van der Waals surface area contributed by atoms with Crippen molar-refractivity contribution < 1.29 is 9.47 Å². The molecule has 2 aliphatic rings. The van der Waals surface area contributed by atoms with Crippen molar-refractivity contribution >= 4 is 29.9 Å². The number of guanidine groups is 1. The lowest BCUT2D eigenvalue weighted by molar-refractivity contribution is 0.0200. The monoisotopic (exact) mass is 453 g/mol. The SMILES string of the molecule is CCNC(=NCCOCC1CCCO1)NC1CCC(C)(C)CC1.I. The van der Waals surface area contributed by atoms with Crippen LogP contribution in [0.15, 0.2) is 4.99 Å². The van der Waals surface area contributed by atoms with Gasteiger partial charge in [0.15, 0.2) is 5.96 Å². The molecular weight excluding hydrogens is 417 g/mol. The van der Waals surface area contributed by atoms with Gasteiger partial charge in [-0.2, -0.15) is 0 Å². The summed E-state index contributed by atoms with van der Waals surface area (Å²) in [5.74, 6) is 0.929. The Bertz CT molecular complexity index is 361. The van der Waals surface area contributed by atoms with E-state index in [1.54, 1.807) is 0 Å². The third-order valence-corrected chi connectivity index (χ3v) is 4.86. The minimum Gasteiger partial charge on any atom is -0.377 e. The van der Waals surface area contributed by atoms with Crippen LogP contribution < -0.4 is 10.6 Å². The highest BCUT2D eigenvalue weighted by Gasteiger charge is 2.27.